The molecule has 0 saturated carbocycles. The Morgan fingerprint density at radius 2 is 2.19 bits per heavy atom. The van der Waals surface area contributed by atoms with Gasteiger partial charge < -0.3 is 15.2 Å². The Kier molecular flexibility index (Phi) is 5.68. The summed E-state index contributed by atoms with van der Waals surface area (Å²) in [5, 5.41) is 28.6. The highest BCUT2D eigenvalue weighted by Crippen LogP contribution is 2.33. The van der Waals surface area contributed by atoms with Crippen LogP contribution in [0.15, 0.2) is 0 Å². The van der Waals surface area contributed by atoms with Crippen molar-refractivity contribution in [2.45, 2.75) is 38.7 Å². The number of hydrogen-bond acceptors (Lipinski definition) is 6. The molecular weight excluding hydrogens is 276 g/mol. The smallest absolute Gasteiger partial charge is 0.334 e. The van der Waals surface area contributed by atoms with E-state index in [1.54, 1.807) is 21.1 Å². The lowest BCUT2D eigenvalue weighted by Crippen LogP contribution is -2.35. The van der Waals surface area contributed by atoms with Crippen LogP contribution in [-0.4, -0.2) is 45.7 Å². The van der Waals surface area contributed by atoms with Crippen LogP contribution in [0.1, 0.15) is 38.8 Å². The fraction of sp³-hybridized carbons (Fsp3) is 0.769. The highest BCUT2D eigenvalue weighted by atomic mass is 16.6. The van der Waals surface area contributed by atoms with Crippen molar-refractivity contribution in [1.82, 2.24) is 9.78 Å². The summed E-state index contributed by atoms with van der Waals surface area (Å²) < 4.78 is 6.38. The molecule has 1 heterocycles. The Morgan fingerprint density at radius 3 is 2.67 bits per heavy atom. The van der Waals surface area contributed by atoms with E-state index < -0.39 is 10.5 Å². The maximum Gasteiger partial charge on any atom is 0.334 e. The molecule has 8 nitrogen and oxygen atoms in total. The zero-order valence-electron chi connectivity index (χ0n) is 13.2. The van der Waals surface area contributed by atoms with Crippen LogP contribution in [0.2, 0.25) is 0 Å². The second-order valence-electron chi connectivity index (χ2n) is 5.71. The molecule has 0 aromatic carbocycles. The number of ether oxygens (including phenoxy) is 1. The largest absolute Gasteiger partial charge is 0.388 e. The van der Waals surface area contributed by atoms with E-state index in [4.69, 9.17) is 4.74 Å². The Hall–Kier alpha value is -1.67. The van der Waals surface area contributed by atoms with Crippen LogP contribution in [0.3, 0.4) is 0 Å². The first kappa shape index (κ1) is 17.4. The van der Waals surface area contributed by atoms with Gasteiger partial charge in [-0.05, 0) is 6.92 Å². The van der Waals surface area contributed by atoms with Gasteiger partial charge in [-0.3, -0.25) is 10.1 Å². The van der Waals surface area contributed by atoms with Crippen LogP contribution in [0.25, 0.3) is 0 Å². The molecule has 2 N–H and O–H groups in total. The molecule has 0 aliphatic rings. The van der Waals surface area contributed by atoms with Crippen LogP contribution in [0.4, 0.5) is 11.5 Å². The highest BCUT2D eigenvalue weighted by molar-refractivity contribution is 5.60. The third kappa shape index (κ3) is 4.40. The topological polar surface area (TPSA) is 102 Å². The number of nitrogens with one attached hydrogen (secondary N) is 1. The number of nitrogens with zero attached hydrogens (tertiary/aromatic N) is 3. The summed E-state index contributed by atoms with van der Waals surface area (Å²) in [5.41, 5.74) is -0.622. The van der Waals surface area contributed by atoms with Gasteiger partial charge >= 0.3 is 5.69 Å². The Morgan fingerprint density at radius 1 is 1.57 bits per heavy atom. The minimum atomic E-state index is -1.02. The number of rotatable bonds is 8. The zero-order chi connectivity index (χ0) is 16.2. The van der Waals surface area contributed by atoms with E-state index in [1.807, 2.05) is 13.8 Å². The van der Waals surface area contributed by atoms with Crippen LogP contribution in [-0.2, 0) is 11.8 Å². The van der Waals surface area contributed by atoms with Crippen molar-refractivity contribution in [2.75, 3.05) is 25.6 Å². The molecule has 0 amide bonds. The van der Waals surface area contributed by atoms with E-state index in [0.717, 1.165) is 0 Å². The third-order valence-electron chi connectivity index (χ3n) is 3.26. The number of nitro groups is 1. The summed E-state index contributed by atoms with van der Waals surface area (Å²) in [7, 11) is 3.20. The molecule has 0 aliphatic carbocycles. The summed E-state index contributed by atoms with van der Waals surface area (Å²) in [6.07, 6.45) is 0.430. The SMILES string of the molecule is COCCC(C)(O)CNc1c([N+](=O)[O-])c(C(C)C)nn1C. The third-order valence-corrected chi connectivity index (χ3v) is 3.26. The van der Waals surface area contributed by atoms with Gasteiger partial charge in [0.1, 0.15) is 5.69 Å². The molecule has 8 heteroatoms. The van der Waals surface area contributed by atoms with Gasteiger partial charge in [-0.1, -0.05) is 13.8 Å². The fourth-order valence-electron chi connectivity index (χ4n) is 1.99. The quantitative estimate of drug-likeness (QED) is 0.559. The van der Waals surface area contributed by atoms with Crippen LogP contribution in [0.5, 0.6) is 0 Å². The van der Waals surface area contributed by atoms with E-state index in [9.17, 15) is 15.2 Å². The van der Waals surface area contributed by atoms with E-state index >= 15 is 0 Å². The predicted octanol–water partition coefficient (Wildman–Crippen LogP) is 1.65. The highest BCUT2D eigenvalue weighted by Gasteiger charge is 2.30. The first-order valence-electron chi connectivity index (χ1n) is 6.86. The van der Waals surface area contributed by atoms with Crippen molar-refractivity contribution in [3.63, 3.8) is 0 Å². The van der Waals surface area contributed by atoms with Crippen LogP contribution >= 0.6 is 0 Å². The molecule has 1 aromatic rings. The van der Waals surface area contributed by atoms with Gasteiger partial charge in [0, 0.05) is 39.6 Å². The van der Waals surface area contributed by atoms with Crippen LogP contribution in [0, 0.1) is 10.1 Å². The molecular formula is C13H24N4O4. The summed E-state index contributed by atoms with van der Waals surface area (Å²) in [6, 6.07) is 0. The number of hydrogen-bond donors (Lipinski definition) is 2. The Bertz CT molecular complexity index is 497. The molecule has 0 radical (unpaired) electrons. The van der Waals surface area contributed by atoms with E-state index in [1.165, 1.54) is 4.68 Å². The lowest BCUT2D eigenvalue weighted by Gasteiger charge is -2.23. The van der Waals surface area contributed by atoms with E-state index in [2.05, 4.69) is 10.4 Å². The molecule has 0 aliphatic heterocycles. The molecule has 120 valence electrons. The van der Waals surface area contributed by atoms with Gasteiger partial charge in [-0.15, -0.1) is 0 Å². The van der Waals surface area contributed by atoms with Crippen molar-refractivity contribution in [3.05, 3.63) is 15.8 Å². The number of aliphatic hydroxyl groups is 1. The Labute approximate surface area is 124 Å². The van der Waals surface area contributed by atoms with Gasteiger partial charge in [-0.25, -0.2) is 4.68 Å². The zero-order valence-corrected chi connectivity index (χ0v) is 13.2. The van der Waals surface area contributed by atoms with Crippen molar-refractivity contribution in [3.8, 4) is 0 Å². The summed E-state index contributed by atoms with van der Waals surface area (Å²) in [4.78, 5) is 10.9. The van der Waals surface area contributed by atoms with Crippen molar-refractivity contribution < 1.29 is 14.8 Å². The molecule has 0 spiro atoms. The molecule has 1 rings (SSSR count). The minimum Gasteiger partial charge on any atom is -0.388 e. The lowest BCUT2D eigenvalue weighted by molar-refractivity contribution is -0.384. The summed E-state index contributed by atoms with van der Waals surface area (Å²) in [6.45, 7) is 5.96. The minimum absolute atomic E-state index is 0.0324. The molecule has 21 heavy (non-hydrogen) atoms. The summed E-state index contributed by atoms with van der Waals surface area (Å²) >= 11 is 0. The first-order chi connectivity index (χ1) is 9.69. The van der Waals surface area contributed by atoms with Gasteiger partial charge in [-0.2, -0.15) is 5.10 Å². The van der Waals surface area contributed by atoms with E-state index in [0.29, 0.717) is 24.5 Å². The van der Waals surface area contributed by atoms with Crippen molar-refractivity contribution in [2.24, 2.45) is 7.05 Å². The Balaban J connectivity index is 2.95. The summed E-state index contributed by atoms with van der Waals surface area (Å²) in [5.74, 6) is 0.252. The first-order valence-corrected chi connectivity index (χ1v) is 6.86. The van der Waals surface area contributed by atoms with Gasteiger partial charge in [0.15, 0.2) is 0 Å². The lowest BCUT2D eigenvalue weighted by atomic mass is 10.0. The second-order valence-corrected chi connectivity index (χ2v) is 5.71. The molecule has 1 unspecified atom stereocenters. The molecule has 0 saturated heterocycles. The number of aromatic nitrogens is 2. The number of aryl methyl sites for hydroxylation is 1. The van der Waals surface area contributed by atoms with Crippen LogP contribution < -0.4 is 5.32 Å². The second kappa shape index (κ2) is 6.86. The van der Waals surface area contributed by atoms with E-state index in [-0.39, 0.29) is 18.2 Å². The maximum absolute atomic E-state index is 11.3. The average Bonchev–Trinajstić information content (AvgIpc) is 2.71. The van der Waals surface area contributed by atoms with Crippen molar-refractivity contribution in [1.29, 1.82) is 0 Å². The fourth-order valence-corrected chi connectivity index (χ4v) is 1.99. The molecule has 1 atom stereocenters. The predicted molar refractivity (Wildman–Crippen MR) is 79.6 cm³/mol. The van der Waals surface area contributed by atoms with Gasteiger partial charge in [0.2, 0.25) is 5.82 Å². The average molecular weight is 300 g/mol. The van der Waals surface area contributed by atoms with Gasteiger partial charge in [0.05, 0.1) is 10.5 Å². The number of anilines is 1. The monoisotopic (exact) mass is 300 g/mol. The molecule has 0 fully saturated rings. The maximum atomic E-state index is 11.3. The number of methoxy groups -OCH3 is 1. The van der Waals surface area contributed by atoms with Crippen molar-refractivity contribution >= 4 is 11.5 Å². The molecule has 1 aromatic heterocycles. The normalized spacial score (nSPS) is 14.2. The molecule has 0 bridgehead atoms. The standard InChI is InChI=1S/C13H24N4O4/c1-9(2)10-11(17(19)20)12(16(4)15-10)14-8-13(3,18)6-7-21-5/h9,14,18H,6-8H2,1-5H3. The van der Waals surface area contributed by atoms with Gasteiger partial charge in [0.25, 0.3) is 0 Å².